The van der Waals surface area contributed by atoms with Crippen LogP contribution in [0, 0.1) is 11.8 Å². The number of carbonyl (C=O) groups excluding carboxylic acids is 2. The number of amides is 2. The van der Waals surface area contributed by atoms with Gasteiger partial charge in [0.15, 0.2) is 0 Å². The fraction of sp³-hybridized carbons (Fsp3) is 0.889. The van der Waals surface area contributed by atoms with Crippen molar-refractivity contribution in [3.63, 3.8) is 0 Å². The molecular weight excluding hydrogens is 333 g/mol. The number of halogens is 3. The molecule has 2 aliphatic carbocycles. The fourth-order valence-corrected chi connectivity index (χ4v) is 3.61. The third-order valence-electron chi connectivity index (χ3n) is 5.01. The van der Waals surface area contributed by atoms with Crippen LogP contribution in [0.1, 0.15) is 77.0 Å². The first-order valence-electron chi connectivity index (χ1n) is 9.44. The first kappa shape index (κ1) is 21.9. The van der Waals surface area contributed by atoms with Crippen LogP contribution in [0.25, 0.3) is 0 Å². The zero-order valence-electron chi connectivity index (χ0n) is 14.9. The van der Waals surface area contributed by atoms with Gasteiger partial charge in [0.2, 0.25) is 5.91 Å². The summed E-state index contributed by atoms with van der Waals surface area (Å²) in [4.78, 5) is 21.6. The number of nitrogens with one attached hydrogen (secondary N) is 1. The van der Waals surface area contributed by atoms with E-state index < -0.39 is 18.0 Å². The van der Waals surface area contributed by atoms with Crippen molar-refractivity contribution < 1.29 is 22.8 Å². The molecule has 4 nitrogen and oxygen atoms in total. The summed E-state index contributed by atoms with van der Waals surface area (Å²) in [5.41, 5.74) is 5.46. The van der Waals surface area contributed by atoms with Gasteiger partial charge >= 0.3 is 12.1 Å². The molecule has 0 atom stereocenters. The van der Waals surface area contributed by atoms with Gasteiger partial charge in [-0.05, 0) is 37.6 Å². The van der Waals surface area contributed by atoms with E-state index in [9.17, 15) is 22.8 Å². The Bertz CT molecular complexity index is 399. The summed E-state index contributed by atoms with van der Waals surface area (Å²) in [6.45, 7) is 0.894. The van der Waals surface area contributed by atoms with Crippen LogP contribution in [-0.4, -0.2) is 24.5 Å². The van der Waals surface area contributed by atoms with Gasteiger partial charge in [0.1, 0.15) is 0 Å². The van der Waals surface area contributed by atoms with E-state index in [1.807, 2.05) is 0 Å². The highest BCUT2D eigenvalue weighted by atomic mass is 19.4. The average Bonchev–Trinajstić information content (AvgIpc) is 2.56. The molecule has 146 valence electrons. The third-order valence-corrected chi connectivity index (χ3v) is 5.01. The minimum Gasteiger partial charge on any atom is -0.330 e. The summed E-state index contributed by atoms with van der Waals surface area (Å²) in [7, 11) is 0. The summed E-state index contributed by atoms with van der Waals surface area (Å²) in [6.07, 6.45) is 8.37. The number of rotatable bonds is 4. The Hall–Kier alpha value is -1.11. The Morgan fingerprint density at radius 3 is 1.80 bits per heavy atom. The Labute approximate surface area is 148 Å². The van der Waals surface area contributed by atoms with Crippen LogP contribution in [0.3, 0.4) is 0 Å². The third kappa shape index (κ3) is 9.82. The van der Waals surface area contributed by atoms with Crippen molar-refractivity contribution in [3.8, 4) is 0 Å². The lowest BCUT2D eigenvalue weighted by atomic mass is 9.87. The van der Waals surface area contributed by atoms with Crippen LogP contribution in [0.4, 0.5) is 13.2 Å². The van der Waals surface area contributed by atoms with Crippen molar-refractivity contribution in [2.24, 2.45) is 17.6 Å². The summed E-state index contributed by atoms with van der Waals surface area (Å²) < 4.78 is 35.5. The number of carbonyl (C=O) groups is 2. The van der Waals surface area contributed by atoms with Gasteiger partial charge in [-0.3, -0.25) is 14.9 Å². The molecule has 0 aromatic rings. The lowest BCUT2D eigenvalue weighted by Gasteiger charge is -2.20. The van der Waals surface area contributed by atoms with E-state index >= 15 is 0 Å². The Morgan fingerprint density at radius 2 is 1.36 bits per heavy atom. The Morgan fingerprint density at radius 1 is 0.880 bits per heavy atom. The lowest BCUT2D eigenvalue weighted by molar-refractivity contribution is -0.174. The van der Waals surface area contributed by atoms with E-state index in [1.54, 1.807) is 0 Å². The van der Waals surface area contributed by atoms with E-state index in [0.29, 0.717) is 0 Å². The van der Waals surface area contributed by atoms with E-state index in [0.717, 1.165) is 44.6 Å². The summed E-state index contributed by atoms with van der Waals surface area (Å²) in [5.74, 6) is -1.90. The molecule has 2 saturated carbocycles. The Balaban J connectivity index is 0.000000293. The van der Waals surface area contributed by atoms with Crippen molar-refractivity contribution in [2.75, 3.05) is 6.54 Å². The minimum atomic E-state index is -4.98. The molecule has 2 amide bonds. The molecule has 3 N–H and O–H groups in total. The largest absolute Gasteiger partial charge is 0.471 e. The second-order valence-electron chi connectivity index (χ2n) is 7.16. The van der Waals surface area contributed by atoms with Crippen molar-refractivity contribution >= 4 is 11.8 Å². The second kappa shape index (κ2) is 11.5. The van der Waals surface area contributed by atoms with Gasteiger partial charge in [0.25, 0.3) is 0 Å². The number of hydrogen-bond acceptors (Lipinski definition) is 3. The number of alkyl halides is 3. The highest BCUT2D eigenvalue weighted by molar-refractivity contribution is 5.97. The van der Waals surface area contributed by atoms with Gasteiger partial charge < -0.3 is 5.73 Å². The molecule has 7 heteroatoms. The zero-order valence-corrected chi connectivity index (χ0v) is 14.9. The first-order valence-corrected chi connectivity index (χ1v) is 9.44. The topological polar surface area (TPSA) is 72.2 Å². The van der Waals surface area contributed by atoms with E-state index in [1.165, 1.54) is 43.8 Å². The van der Waals surface area contributed by atoms with Crippen LogP contribution >= 0.6 is 0 Å². The smallest absolute Gasteiger partial charge is 0.330 e. The maximum atomic E-state index is 11.8. The molecule has 0 spiro atoms. The van der Waals surface area contributed by atoms with Gasteiger partial charge in [-0.2, -0.15) is 13.2 Å². The first-order chi connectivity index (χ1) is 11.8. The molecule has 0 aromatic heterocycles. The monoisotopic (exact) mass is 364 g/mol. The summed E-state index contributed by atoms with van der Waals surface area (Å²) >= 11 is 0. The lowest BCUT2D eigenvalue weighted by Crippen LogP contribution is -2.41. The predicted molar refractivity (Wildman–Crippen MR) is 90.6 cm³/mol. The van der Waals surface area contributed by atoms with Crippen LogP contribution in [-0.2, 0) is 9.59 Å². The maximum absolute atomic E-state index is 11.8. The fourth-order valence-electron chi connectivity index (χ4n) is 3.61. The van der Waals surface area contributed by atoms with Crippen molar-refractivity contribution in [3.05, 3.63) is 0 Å². The minimum absolute atomic E-state index is 0.0157. The molecule has 0 aromatic carbocycles. The molecule has 25 heavy (non-hydrogen) atoms. The molecule has 0 saturated heterocycles. The van der Waals surface area contributed by atoms with Gasteiger partial charge in [-0.25, -0.2) is 0 Å². The van der Waals surface area contributed by atoms with Gasteiger partial charge in [0.05, 0.1) is 0 Å². The van der Waals surface area contributed by atoms with Gasteiger partial charge in [0, 0.05) is 6.42 Å². The molecule has 0 bridgehead atoms. The van der Waals surface area contributed by atoms with Crippen LogP contribution < -0.4 is 11.1 Å². The highest BCUT2D eigenvalue weighted by Gasteiger charge is 2.39. The second-order valence-corrected chi connectivity index (χ2v) is 7.16. The molecule has 0 aliphatic heterocycles. The van der Waals surface area contributed by atoms with E-state index in [2.05, 4.69) is 0 Å². The van der Waals surface area contributed by atoms with E-state index in [4.69, 9.17) is 5.73 Å². The highest BCUT2D eigenvalue weighted by Crippen LogP contribution is 2.26. The molecule has 0 unspecified atom stereocenters. The molecular formula is C18H31F3N2O2. The number of hydrogen-bond donors (Lipinski definition) is 2. The van der Waals surface area contributed by atoms with Gasteiger partial charge in [-0.1, -0.05) is 51.4 Å². The summed E-state index contributed by atoms with van der Waals surface area (Å²) in [6, 6.07) is 0. The maximum Gasteiger partial charge on any atom is 0.471 e. The quantitative estimate of drug-likeness (QED) is 0.789. The van der Waals surface area contributed by atoms with Crippen molar-refractivity contribution in [2.45, 2.75) is 83.2 Å². The molecule has 2 fully saturated rings. The number of nitrogens with two attached hydrogens (primary N) is 1. The van der Waals surface area contributed by atoms with Crippen molar-refractivity contribution in [1.29, 1.82) is 0 Å². The molecule has 2 aliphatic rings. The van der Waals surface area contributed by atoms with Crippen LogP contribution in [0.2, 0.25) is 0 Å². The SMILES string of the molecule is NCCC1CCCCC1.O=C(CC1CCCCC1)NC(=O)C(F)(F)F. The summed E-state index contributed by atoms with van der Waals surface area (Å²) in [5, 5.41) is 1.36. The number of imide groups is 1. The Kier molecular flexibility index (Phi) is 10.1. The molecule has 0 heterocycles. The van der Waals surface area contributed by atoms with Crippen LogP contribution in [0.5, 0.6) is 0 Å². The van der Waals surface area contributed by atoms with Gasteiger partial charge in [-0.15, -0.1) is 0 Å². The average molecular weight is 364 g/mol. The van der Waals surface area contributed by atoms with E-state index in [-0.39, 0.29) is 12.3 Å². The normalized spacial score (nSPS) is 19.7. The molecule has 0 radical (unpaired) electrons. The predicted octanol–water partition coefficient (Wildman–Crippen LogP) is 4.08. The molecule has 2 rings (SSSR count). The van der Waals surface area contributed by atoms with Crippen molar-refractivity contribution in [1.82, 2.24) is 5.32 Å². The standard InChI is InChI=1S/C10H14F3NO2.C8H17N/c11-10(12,13)9(16)14-8(15)6-7-4-2-1-3-5-7;9-7-6-8-4-2-1-3-5-8/h7H,1-6H2,(H,14,15,16);8H,1-7,9H2. The van der Waals surface area contributed by atoms with Crippen LogP contribution in [0.15, 0.2) is 0 Å². The zero-order chi connectivity index (χ0) is 18.7.